The highest BCUT2D eigenvalue weighted by molar-refractivity contribution is 5.97. The average molecular weight is 392 g/mol. The van der Waals surface area contributed by atoms with Crippen molar-refractivity contribution in [3.8, 4) is 17.2 Å². The second-order valence-electron chi connectivity index (χ2n) is 6.91. The lowest BCUT2D eigenvalue weighted by Gasteiger charge is -2.27. The lowest BCUT2D eigenvalue weighted by molar-refractivity contribution is 0.0772. The summed E-state index contributed by atoms with van der Waals surface area (Å²) >= 11 is 0. The van der Waals surface area contributed by atoms with Gasteiger partial charge in [0.2, 0.25) is 0 Å². The van der Waals surface area contributed by atoms with Crippen molar-refractivity contribution in [2.75, 3.05) is 34.4 Å². The van der Waals surface area contributed by atoms with E-state index in [9.17, 15) is 4.79 Å². The molecular weight excluding hydrogens is 368 g/mol. The van der Waals surface area contributed by atoms with Gasteiger partial charge in [-0.15, -0.1) is 0 Å². The Balaban J connectivity index is 1.55. The normalized spacial score (nSPS) is 13.9. The highest BCUT2D eigenvalue weighted by atomic mass is 16.5. The second-order valence-corrected chi connectivity index (χ2v) is 6.91. The Hall–Kier alpha value is -3.41. The molecule has 1 aromatic heterocycles. The van der Waals surface area contributed by atoms with Crippen LogP contribution in [0.15, 0.2) is 48.7 Å². The zero-order chi connectivity index (χ0) is 20.4. The summed E-state index contributed by atoms with van der Waals surface area (Å²) in [7, 11) is 4.82. The first-order valence-corrected chi connectivity index (χ1v) is 9.50. The fraction of sp³-hybridized carbons (Fsp3) is 0.261. The van der Waals surface area contributed by atoms with Crippen molar-refractivity contribution in [1.29, 1.82) is 0 Å². The number of H-pyrrole nitrogens is 1. The summed E-state index contributed by atoms with van der Waals surface area (Å²) in [6.07, 6.45) is 4.95. The van der Waals surface area contributed by atoms with E-state index in [4.69, 9.17) is 14.2 Å². The molecule has 0 spiro atoms. The van der Waals surface area contributed by atoms with E-state index >= 15 is 0 Å². The molecule has 0 saturated carbocycles. The van der Waals surface area contributed by atoms with Crippen LogP contribution in [-0.2, 0) is 0 Å². The highest BCUT2D eigenvalue weighted by Gasteiger charge is 2.21. The van der Waals surface area contributed by atoms with Crippen LogP contribution in [0.3, 0.4) is 0 Å². The van der Waals surface area contributed by atoms with Gasteiger partial charge >= 0.3 is 0 Å². The third-order valence-electron chi connectivity index (χ3n) is 5.36. The summed E-state index contributed by atoms with van der Waals surface area (Å²) in [6, 6.07) is 11.3. The van der Waals surface area contributed by atoms with Crippen LogP contribution in [0.4, 0.5) is 0 Å². The van der Waals surface area contributed by atoms with Crippen LogP contribution >= 0.6 is 0 Å². The summed E-state index contributed by atoms with van der Waals surface area (Å²) in [5.41, 5.74) is 4.07. The van der Waals surface area contributed by atoms with Gasteiger partial charge in [0.15, 0.2) is 11.5 Å². The van der Waals surface area contributed by atoms with Gasteiger partial charge in [0.05, 0.1) is 21.3 Å². The zero-order valence-corrected chi connectivity index (χ0v) is 16.8. The average Bonchev–Trinajstić information content (AvgIpc) is 3.21. The molecule has 2 heterocycles. The minimum absolute atomic E-state index is 0.0122. The zero-order valence-electron chi connectivity index (χ0n) is 16.8. The van der Waals surface area contributed by atoms with E-state index in [-0.39, 0.29) is 5.91 Å². The summed E-state index contributed by atoms with van der Waals surface area (Å²) in [6.45, 7) is 1.23. The lowest BCUT2D eigenvalue weighted by Crippen LogP contribution is -2.34. The molecule has 0 radical (unpaired) electrons. The predicted octanol–water partition coefficient (Wildman–Crippen LogP) is 4.12. The molecular formula is C23H24N2O4. The molecule has 2 aromatic carbocycles. The van der Waals surface area contributed by atoms with E-state index < -0.39 is 0 Å². The number of ether oxygens (including phenoxy) is 3. The van der Waals surface area contributed by atoms with E-state index in [0.717, 1.165) is 28.6 Å². The molecule has 1 N–H and O–H groups in total. The number of benzene rings is 2. The molecule has 1 aliphatic rings. The number of amides is 1. The van der Waals surface area contributed by atoms with Gasteiger partial charge in [0.25, 0.3) is 5.91 Å². The fourth-order valence-electron chi connectivity index (χ4n) is 3.74. The SMILES string of the molecule is COc1ccc2[nH]cc(C3=CCN(C(=O)c4ccc(OC)c(OC)c4)CC3)c2c1. The van der Waals surface area contributed by atoms with Gasteiger partial charge in [-0.1, -0.05) is 6.08 Å². The van der Waals surface area contributed by atoms with Gasteiger partial charge in [-0.05, 0) is 48.4 Å². The minimum atomic E-state index is -0.0122. The quantitative estimate of drug-likeness (QED) is 0.709. The molecule has 6 nitrogen and oxygen atoms in total. The largest absolute Gasteiger partial charge is 0.497 e. The van der Waals surface area contributed by atoms with Crippen molar-refractivity contribution in [3.05, 3.63) is 59.8 Å². The first-order valence-electron chi connectivity index (χ1n) is 9.50. The maximum atomic E-state index is 12.9. The number of methoxy groups -OCH3 is 3. The number of aromatic nitrogens is 1. The summed E-state index contributed by atoms with van der Waals surface area (Å²) in [4.78, 5) is 18.1. The molecule has 4 rings (SSSR count). The van der Waals surface area contributed by atoms with Crippen molar-refractivity contribution in [1.82, 2.24) is 9.88 Å². The van der Waals surface area contributed by atoms with Crippen LogP contribution in [0.2, 0.25) is 0 Å². The molecule has 0 atom stereocenters. The van der Waals surface area contributed by atoms with Gasteiger partial charge in [-0.2, -0.15) is 0 Å². The maximum Gasteiger partial charge on any atom is 0.254 e. The number of rotatable bonds is 5. The van der Waals surface area contributed by atoms with Crippen LogP contribution in [0.5, 0.6) is 17.2 Å². The van der Waals surface area contributed by atoms with Crippen molar-refractivity contribution < 1.29 is 19.0 Å². The number of nitrogens with one attached hydrogen (secondary N) is 1. The standard InChI is InChI=1S/C23H24N2O4/c1-27-17-5-6-20-18(13-17)19(14-24-20)15-8-10-25(11-9-15)23(26)16-4-7-21(28-2)22(12-16)29-3/h4-8,12-14,24H,9-11H2,1-3H3. The van der Waals surface area contributed by atoms with E-state index in [1.54, 1.807) is 39.5 Å². The summed E-state index contributed by atoms with van der Waals surface area (Å²) in [5, 5.41) is 1.13. The number of hydrogen-bond donors (Lipinski definition) is 1. The number of nitrogens with zero attached hydrogens (tertiary/aromatic N) is 1. The number of fused-ring (bicyclic) bond motifs is 1. The Morgan fingerprint density at radius 3 is 2.52 bits per heavy atom. The van der Waals surface area contributed by atoms with Gasteiger partial charge in [0.1, 0.15) is 5.75 Å². The second kappa shape index (κ2) is 7.91. The van der Waals surface area contributed by atoms with Crippen LogP contribution in [0.1, 0.15) is 22.3 Å². The van der Waals surface area contributed by atoms with E-state index in [0.29, 0.717) is 30.2 Å². The summed E-state index contributed by atoms with van der Waals surface area (Å²) < 4.78 is 15.9. The molecule has 0 aliphatic carbocycles. The Morgan fingerprint density at radius 1 is 1.00 bits per heavy atom. The molecule has 0 unspecified atom stereocenters. The Kier molecular flexibility index (Phi) is 5.16. The number of hydrogen-bond acceptors (Lipinski definition) is 4. The molecule has 29 heavy (non-hydrogen) atoms. The van der Waals surface area contributed by atoms with Gasteiger partial charge in [-0.3, -0.25) is 4.79 Å². The van der Waals surface area contributed by atoms with Crippen LogP contribution in [-0.4, -0.2) is 50.2 Å². The van der Waals surface area contributed by atoms with Crippen LogP contribution < -0.4 is 14.2 Å². The van der Waals surface area contributed by atoms with Crippen molar-refractivity contribution >= 4 is 22.4 Å². The number of carbonyl (C=O) groups is 1. The molecule has 6 heteroatoms. The predicted molar refractivity (Wildman–Crippen MR) is 113 cm³/mol. The number of carbonyl (C=O) groups excluding carboxylic acids is 1. The Labute approximate surface area is 169 Å². The van der Waals surface area contributed by atoms with E-state index in [1.165, 1.54) is 5.57 Å². The smallest absolute Gasteiger partial charge is 0.254 e. The molecule has 0 fully saturated rings. The molecule has 0 saturated heterocycles. The van der Waals surface area contributed by atoms with Crippen molar-refractivity contribution in [2.24, 2.45) is 0 Å². The molecule has 1 amide bonds. The van der Waals surface area contributed by atoms with Crippen LogP contribution in [0.25, 0.3) is 16.5 Å². The first-order chi connectivity index (χ1) is 14.1. The lowest BCUT2D eigenvalue weighted by atomic mass is 9.98. The highest BCUT2D eigenvalue weighted by Crippen LogP contribution is 2.32. The Morgan fingerprint density at radius 2 is 1.83 bits per heavy atom. The molecule has 3 aromatic rings. The monoisotopic (exact) mass is 392 g/mol. The first kappa shape index (κ1) is 18.9. The molecule has 1 aliphatic heterocycles. The summed E-state index contributed by atoms with van der Waals surface area (Å²) in [5.74, 6) is 1.99. The van der Waals surface area contributed by atoms with E-state index in [1.807, 2.05) is 29.3 Å². The topological polar surface area (TPSA) is 63.8 Å². The number of aromatic amines is 1. The molecule has 0 bridgehead atoms. The molecule has 150 valence electrons. The Bertz CT molecular complexity index is 1080. The fourth-order valence-corrected chi connectivity index (χ4v) is 3.74. The van der Waals surface area contributed by atoms with Crippen molar-refractivity contribution in [3.63, 3.8) is 0 Å². The minimum Gasteiger partial charge on any atom is -0.497 e. The van der Waals surface area contributed by atoms with Crippen LogP contribution in [0, 0.1) is 0 Å². The van der Waals surface area contributed by atoms with Gasteiger partial charge in [0, 0.05) is 41.3 Å². The maximum absolute atomic E-state index is 12.9. The van der Waals surface area contributed by atoms with Crippen molar-refractivity contribution in [2.45, 2.75) is 6.42 Å². The third-order valence-corrected chi connectivity index (χ3v) is 5.36. The van der Waals surface area contributed by atoms with Gasteiger partial charge in [-0.25, -0.2) is 0 Å². The van der Waals surface area contributed by atoms with E-state index in [2.05, 4.69) is 11.1 Å². The van der Waals surface area contributed by atoms with Gasteiger partial charge < -0.3 is 24.1 Å². The third kappa shape index (κ3) is 3.53.